The van der Waals surface area contributed by atoms with Crippen LogP contribution in [0.2, 0.25) is 0 Å². The lowest BCUT2D eigenvalue weighted by Crippen LogP contribution is -2.52. The summed E-state index contributed by atoms with van der Waals surface area (Å²) < 4.78 is 5.42. The molecule has 1 saturated heterocycles. The maximum Gasteiger partial charge on any atom is 0.307 e. The lowest BCUT2D eigenvalue weighted by atomic mass is 9.78. The smallest absolute Gasteiger partial charge is 0.307 e. The Labute approximate surface area is 148 Å². The van der Waals surface area contributed by atoms with Crippen LogP contribution in [0.25, 0.3) is 0 Å². The van der Waals surface area contributed by atoms with Crippen molar-refractivity contribution in [1.29, 1.82) is 0 Å². The van der Waals surface area contributed by atoms with Crippen molar-refractivity contribution in [2.24, 2.45) is 11.8 Å². The number of carbonyl (C=O) groups excluding carboxylic acids is 1. The van der Waals surface area contributed by atoms with Gasteiger partial charge in [0.15, 0.2) is 0 Å². The van der Waals surface area contributed by atoms with Gasteiger partial charge in [0, 0.05) is 26.2 Å². The molecule has 1 N–H and O–H groups in total. The van der Waals surface area contributed by atoms with Gasteiger partial charge in [-0.05, 0) is 25.0 Å². The standard InChI is InChI=1S/C19H26N2O4/c1-25-17-9-5-4-8-16(17)20-10-12-21(13-11-20)18(22)14-6-2-3-7-15(14)19(23)24/h4-5,8-9,14-15H,2-3,6-7,10-13H2,1H3,(H,23,24). The zero-order valence-corrected chi connectivity index (χ0v) is 14.7. The number of nitrogens with zero attached hydrogens (tertiary/aromatic N) is 2. The molecule has 0 spiro atoms. The second-order valence-electron chi connectivity index (χ2n) is 6.82. The first-order chi connectivity index (χ1) is 12.1. The summed E-state index contributed by atoms with van der Waals surface area (Å²) >= 11 is 0. The molecule has 136 valence electrons. The third-order valence-electron chi connectivity index (χ3n) is 5.42. The van der Waals surface area contributed by atoms with E-state index in [9.17, 15) is 14.7 Å². The van der Waals surface area contributed by atoms with Gasteiger partial charge in [0.05, 0.1) is 24.6 Å². The number of rotatable bonds is 4. The van der Waals surface area contributed by atoms with E-state index in [2.05, 4.69) is 4.90 Å². The molecule has 2 atom stereocenters. The first-order valence-electron chi connectivity index (χ1n) is 9.01. The van der Waals surface area contributed by atoms with E-state index in [-0.39, 0.29) is 11.8 Å². The van der Waals surface area contributed by atoms with E-state index < -0.39 is 11.9 Å². The van der Waals surface area contributed by atoms with Crippen LogP contribution in [0.4, 0.5) is 5.69 Å². The van der Waals surface area contributed by atoms with Gasteiger partial charge in [0.1, 0.15) is 5.75 Å². The van der Waals surface area contributed by atoms with E-state index in [1.807, 2.05) is 29.2 Å². The van der Waals surface area contributed by atoms with E-state index >= 15 is 0 Å². The van der Waals surface area contributed by atoms with Crippen LogP contribution in [0.15, 0.2) is 24.3 Å². The second kappa shape index (κ2) is 7.76. The first kappa shape index (κ1) is 17.6. The number of carboxylic acids is 1. The minimum absolute atomic E-state index is 0.0202. The molecule has 1 saturated carbocycles. The Hall–Kier alpha value is -2.24. The molecular formula is C19H26N2O4. The highest BCUT2D eigenvalue weighted by molar-refractivity contribution is 5.85. The molecule has 1 aromatic carbocycles. The van der Waals surface area contributed by atoms with Crippen molar-refractivity contribution >= 4 is 17.6 Å². The largest absolute Gasteiger partial charge is 0.495 e. The molecule has 0 bridgehead atoms. The van der Waals surface area contributed by atoms with Gasteiger partial charge in [-0.1, -0.05) is 25.0 Å². The third kappa shape index (κ3) is 3.72. The molecule has 0 radical (unpaired) electrons. The van der Waals surface area contributed by atoms with Crippen LogP contribution in [-0.2, 0) is 9.59 Å². The molecule has 6 nitrogen and oxygen atoms in total. The van der Waals surface area contributed by atoms with Gasteiger partial charge >= 0.3 is 5.97 Å². The Bertz CT molecular complexity index is 626. The molecule has 3 rings (SSSR count). The molecule has 2 fully saturated rings. The van der Waals surface area contributed by atoms with Crippen LogP contribution in [0.1, 0.15) is 25.7 Å². The van der Waals surface area contributed by atoms with Crippen LogP contribution in [0, 0.1) is 11.8 Å². The predicted molar refractivity (Wildman–Crippen MR) is 94.9 cm³/mol. The highest BCUT2D eigenvalue weighted by Crippen LogP contribution is 2.33. The number of ether oxygens (including phenoxy) is 1. The summed E-state index contributed by atoms with van der Waals surface area (Å²) in [5, 5.41) is 9.41. The average Bonchev–Trinajstić information content (AvgIpc) is 2.67. The molecule has 1 aliphatic carbocycles. The molecule has 25 heavy (non-hydrogen) atoms. The minimum Gasteiger partial charge on any atom is -0.495 e. The summed E-state index contributed by atoms with van der Waals surface area (Å²) in [6, 6.07) is 7.89. The van der Waals surface area contributed by atoms with E-state index in [4.69, 9.17) is 4.74 Å². The number of para-hydroxylation sites is 2. The van der Waals surface area contributed by atoms with Crippen molar-refractivity contribution in [1.82, 2.24) is 4.90 Å². The number of benzene rings is 1. The lowest BCUT2D eigenvalue weighted by molar-refractivity contribution is -0.152. The van der Waals surface area contributed by atoms with Gasteiger partial charge in [-0.3, -0.25) is 9.59 Å². The Morgan fingerprint density at radius 2 is 1.68 bits per heavy atom. The van der Waals surface area contributed by atoms with Gasteiger partial charge in [0.2, 0.25) is 5.91 Å². The van der Waals surface area contributed by atoms with Crippen molar-refractivity contribution in [2.75, 3.05) is 38.2 Å². The van der Waals surface area contributed by atoms with E-state index in [1.54, 1.807) is 7.11 Å². The van der Waals surface area contributed by atoms with Gasteiger partial charge in [0.25, 0.3) is 0 Å². The first-order valence-corrected chi connectivity index (χ1v) is 9.01. The van der Waals surface area contributed by atoms with Crippen LogP contribution in [-0.4, -0.2) is 55.2 Å². The summed E-state index contributed by atoms with van der Waals surface area (Å²) in [4.78, 5) is 28.4. The van der Waals surface area contributed by atoms with Crippen molar-refractivity contribution in [3.63, 3.8) is 0 Å². The number of hydrogen-bond donors (Lipinski definition) is 1. The summed E-state index contributed by atoms with van der Waals surface area (Å²) in [7, 11) is 1.66. The number of aliphatic carboxylic acids is 1. The summed E-state index contributed by atoms with van der Waals surface area (Å²) in [6.45, 7) is 2.71. The summed E-state index contributed by atoms with van der Waals surface area (Å²) in [5.41, 5.74) is 1.04. The number of anilines is 1. The monoisotopic (exact) mass is 346 g/mol. The fraction of sp³-hybridized carbons (Fsp3) is 0.579. The molecular weight excluding hydrogens is 320 g/mol. The molecule has 1 heterocycles. The van der Waals surface area contributed by atoms with Crippen LogP contribution in [0.5, 0.6) is 5.75 Å². The summed E-state index contributed by atoms with van der Waals surface area (Å²) in [6.07, 6.45) is 3.17. The summed E-state index contributed by atoms with van der Waals surface area (Å²) in [5.74, 6) is -0.851. The maximum absolute atomic E-state index is 12.9. The van der Waals surface area contributed by atoms with Gasteiger partial charge in [-0.2, -0.15) is 0 Å². The minimum atomic E-state index is -0.828. The Morgan fingerprint density at radius 3 is 2.32 bits per heavy atom. The zero-order valence-electron chi connectivity index (χ0n) is 14.7. The van der Waals surface area contributed by atoms with E-state index in [0.717, 1.165) is 37.4 Å². The van der Waals surface area contributed by atoms with Crippen LogP contribution < -0.4 is 9.64 Å². The van der Waals surface area contributed by atoms with Crippen molar-refractivity contribution in [3.05, 3.63) is 24.3 Å². The Balaban J connectivity index is 1.63. The highest BCUT2D eigenvalue weighted by atomic mass is 16.5. The van der Waals surface area contributed by atoms with E-state index in [1.165, 1.54) is 0 Å². The van der Waals surface area contributed by atoms with Crippen molar-refractivity contribution in [2.45, 2.75) is 25.7 Å². The number of hydrogen-bond acceptors (Lipinski definition) is 4. The maximum atomic E-state index is 12.9. The topological polar surface area (TPSA) is 70.1 Å². The van der Waals surface area contributed by atoms with Crippen molar-refractivity contribution < 1.29 is 19.4 Å². The van der Waals surface area contributed by atoms with Crippen LogP contribution in [0.3, 0.4) is 0 Å². The average molecular weight is 346 g/mol. The number of carbonyl (C=O) groups is 2. The predicted octanol–water partition coefficient (Wildman–Crippen LogP) is 2.23. The Morgan fingerprint density at radius 1 is 1.04 bits per heavy atom. The fourth-order valence-electron chi connectivity index (χ4n) is 4.02. The second-order valence-corrected chi connectivity index (χ2v) is 6.82. The quantitative estimate of drug-likeness (QED) is 0.905. The molecule has 1 amide bonds. The van der Waals surface area contributed by atoms with Gasteiger partial charge < -0.3 is 19.6 Å². The molecule has 1 aliphatic heterocycles. The van der Waals surface area contributed by atoms with Crippen molar-refractivity contribution in [3.8, 4) is 5.75 Å². The molecule has 0 aromatic heterocycles. The fourth-order valence-corrected chi connectivity index (χ4v) is 4.02. The molecule has 6 heteroatoms. The normalized spacial score (nSPS) is 24.0. The third-order valence-corrected chi connectivity index (χ3v) is 5.42. The number of amides is 1. The molecule has 2 aliphatic rings. The number of methoxy groups -OCH3 is 1. The highest BCUT2D eigenvalue weighted by Gasteiger charge is 2.38. The van der Waals surface area contributed by atoms with E-state index in [0.29, 0.717) is 25.9 Å². The molecule has 1 aromatic rings. The SMILES string of the molecule is COc1ccccc1N1CCN(C(=O)C2CCCCC2C(=O)O)CC1. The molecule has 2 unspecified atom stereocenters. The van der Waals surface area contributed by atoms with Gasteiger partial charge in [-0.15, -0.1) is 0 Å². The number of carboxylic acid groups (broad SMARTS) is 1. The van der Waals surface area contributed by atoms with Crippen LogP contribution >= 0.6 is 0 Å². The number of piperazine rings is 1. The lowest BCUT2D eigenvalue weighted by Gasteiger charge is -2.39. The zero-order chi connectivity index (χ0) is 17.8. The van der Waals surface area contributed by atoms with Gasteiger partial charge in [-0.25, -0.2) is 0 Å². The Kier molecular flexibility index (Phi) is 5.46.